The Bertz CT molecular complexity index is 1380. The van der Waals surface area contributed by atoms with Gasteiger partial charge in [-0.05, 0) is 36.1 Å². The number of anilines is 1. The van der Waals surface area contributed by atoms with Crippen LogP contribution in [0, 0.1) is 11.7 Å². The number of aromatic nitrogens is 2. The SMILES string of the molecule is O=C(O)C1CN(Cc2ccc3c(c2)CCc2c-3noc2C2C=NN(c3ccc(F)cn3)C2C(F)(F)F)C1. The first-order valence-electron chi connectivity index (χ1n) is 11.8. The van der Waals surface area contributed by atoms with Crippen molar-refractivity contribution in [3.8, 4) is 11.3 Å². The fourth-order valence-electron chi connectivity index (χ4n) is 5.30. The molecule has 0 saturated carbocycles. The van der Waals surface area contributed by atoms with Crippen molar-refractivity contribution in [1.82, 2.24) is 15.0 Å². The maximum absolute atomic E-state index is 14.2. The molecule has 2 unspecified atom stereocenters. The summed E-state index contributed by atoms with van der Waals surface area (Å²) >= 11 is 0. The van der Waals surface area contributed by atoms with Crippen LogP contribution in [-0.4, -0.2) is 57.6 Å². The lowest BCUT2D eigenvalue weighted by Gasteiger charge is -2.36. The minimum absolute atomic E-state index is 0.112. The smallest absolute Gasteiger partial charge is 0.412 e. The van der Waals surface area contributed by atoms with E-state index < -0.39 is 29.9 Å². The van der Waals surface area contributed by atoms with Crippen LogP contribution >= 0.6 is 0 Å². The highest BCUT2D eigenvalue weighted by Crippen LogP contribution is 2.44. The molecule has 1 aliphatic carbocycles. The maximum Gasteiger partial charge on any atom is 0.412 e. The number of alkyl halides is 3. The Morgan fingerprint density at radius 3 is 2.68 bits per heavy atom. The number of carbonyl (C=O) groups is 1. The van der Waals surface area contributed by atoms with Crippen molar-refractivity contribution >= 4 is 18.0 Å². The average Bonchev–Trinajstić information content (AvgIpc) is 3.45. The zero-order valence-corrected chi connectivity index (χ0v) is 19.3. The van der Waals surface area contributed by atoms with E-state index >= 15 is 0 Å². The number of hydrogen-bond donors (Lipinski definition) is 1. The molecule has 1 fully saturated rings. The highest BCUT2D eigenvalue weighted by atomic mass is 19.4. The van der Waals surface area contributed by atoms with Crippen molar-refractivity contribution in [2.24, 2.45) is 11.0 Å². The zero-order valence-electron chi connectivity index (χ0n) is 19.3. The Morgan fingerprint density at radius 1 is 1.16 bits per heavy atom. The first kappa shape index (κ1) is 23.6. The molecule has 0 spiro atoms. The average molecular weight is 515 g/mol. The van der Waals surface area contributed by atoms with E-state index in [-0.39, 0.29) is 17.5 Å². The highest BCUT2D eigenvalue weighted by molar-refractivity contribution is 5.78. The number of aliphatic carboxylic acids is 1. The molecule has 1 saturated heterocycles. The first-order valence-corrected chi connectivity index (χ1v) is 11.8. The molecule has 2 atom stereocenters. The Hall–Kier alpha value is -3.80. The second-order valence-corrected chi connectivity index (χ2v) is 9.55. The van der Waals surface area contributed by atoms with E-state index in [1.165, 1.54) is 6.21 Å². The molecular formula is C25H21F4N5O3. The van der Waals surface area contributed by atoms with E-state index in [1.807, 2.05) is 18.2 Å². The Morgan fingerprint density at radius 2 is 1.97 bits per heavy atom. The summed E-state index contributed by atoms with van der Waals surface area (Å²) in [5.41, 5.74) is 4.00. The fourth-order valence-corrected chi connectivity index (χ4v) is 5.30. The predicted octanol–water partition coefficient (Wildman–Crippen LogP) is 4.01. The molecular weight excluding hydrogens is 494 g/mol. The molecule has 4 heterocycles. The van der Waals surface area contributed by atoms with Crippen molar-refractivity contribution in [3.63, 3.8) is 0 Å². The number of benzene rings is 1. The van der Waals surface area contributed by atoms with Gasteiger partial charge in [-0.25, -0.2) is 14.4 Å². The molecule has 37 heavy (non-hydrogen) atoms. The van der Waals surface area contributed by atoms with Crippen LogP contribution < -0.4 is 5.01 Å². The van der Waals surface area contributed by atoms with Crippen LogP contribution in [0.2, 0.25) is 0 Å². The number of carboxylic acids is 1. The van der Waals surface area contributed by atoms with Crippen molar-refractivity contribution < 1.29 is 32.0 Å². The summed E-state index contributed by atoms with van der Waals surface area (Å²) in [7, 11) is 0. The van der Waals surface area contributed by atoms with Gasteiger partial charge in [-0.15, -0.1) is 0 Å². The molecule has 0 radical (unpaired) electrons. The monoisotopic (exact) mass is 515 g/mol. The number of hydrogen-bond acceptors (Lipinski definition) is 7. The van der Waals surface area contributed by atoms with Gasteiger partial charge in [0.1, 0.15) is 17.3 Å². The van der Waals surface area contributed by atoms with Crippen LogP contribution in [0.15, 0.2) is 46.2 Å². The quantitative estimate of drug-likeness (QED) is 0.513. The number of likely N-dealkylation sites (tertiary alicyclic amines) is 1. The van der Waals surface area contributed by atoms with Crippen LogP contribution in [0.1, 0.15) is 28.4 Å². The second-order valence-electron chi connectivity index (χ2n) is 9.55. The summed E-state index contributed by atoms with van der Waals surface area (Å²) in [6, 6.07) is 5.97. The number of halogens is 4. The largest absolute Gasteiger partial charge is 0.481 e. The summed E-state index contributed by atoms with van der Waals surface area (Å²) in [6.07, 6.45) is -1.58. The number of rotatable bonds is 5. The van der Waals surface area contributed by atoms with E-state index in [0.717, 1.165) is 40.0 Å². The molecule has 192 valence electrons. The summed E-state index contributed by atoms with van der Waals surface area (Å²) in [5, 5.41) is 17.9. The molecule has 1 aromatic carbocycles. The summed E-state index contributed by atoms with van der Waals surface area (Å²) in [6.45, 7) is 1.65. The molecule has 3 aromatic rings. The third kappa shape index (κ3) is 4.14. The lowest BCUT2D eigenvalue weighted by molar-refractivity contribution is -0.149. The van der Waals surface area contributed by atoms with Crippen LogP contribution in [0.5, 0.6) is 0 Å². The van der Waals surface area contributed by atoms with E-state index in [2.05, 4.69) is 20.1 Å². The van der Waals surface area contributed by atoms with Crippen molar-refractivity contribution in [2.45, 2.75) is 37.5 Å². The molecule has 1 N–H and O–H groups in total. The predicted molar refractivity (Wildman–Crippen MR) is 123 cm³/mol. The standard InChI is InChI=1S/C25H21F4N5O3/c26-16-3-6-20(30-8-16)34-23(25(27,28)29)19(9-31-34)22-18-5-2-14-7-13(1-4-17(14)21(18)32-37-22)10-33-11-15(12-33)24(35)36/h1,3-4,6-9,15,19,23H,2,5,10-12H2,(H,35,36). The molecule has 0 bridgehead atoms. The van der Waals surface area contributed by atoms with Gasteiger partial charge in [0.05, 0.1) is 18.0 Å². The minimum atomic E-state index is -4.67. The highest BCUT2D eigenvalue weighted by Gasteiger charge is 2.54. The second kappa shape index (κ2) is 8.65. The molecule has 6 rings (SSSR count). The molecule has 2 aliphatic heterocycles. The zero-order chi connectivity index (χ0) is 25.9. The normalized spacial score (nSPS) is 21.6. The number of hydrazone groups is 1. The van der Waals surface area contributed by atoms with Gasteiger partial charge in [0, 0.05) is 37.0 Å². The number of aryl methyl sites for hydroxylation is 1. The molecule has 2 aromatic heterocycles. The molecule has 12 heteroatoms. The van der Waals surface area contributed by atoms with Crippen LogP contribution in [0.3, 0.4) is 0 Å². The maximum atomic E-state index is 14.2. The van der Waals surface area contributed by atoms with Crippen molar-refractivity contribution in [1.29, 1.82) is 0 Å². The van der Waals surface area contributed by atoms with Gasteiger partial charge in [-0.1, -0.05) is 23.4 Å². The topological polar surface area (TPSA) is 95.1 Å². The van der Waals surface area contributed by atoms with E-state index in [1.54, 1.807) is 0 Å². The third-order valence-corrected chi connectivity index (χ3v) is 7.14. The summed E-state index contributed by atoms with van der Waals surface area (Å²) in [5.74, 6) is -3.02. The van der Waals surface area contributed by atoms with Crippen molar-refractivity contribution in [2.75, 3.05) is 18.1 Å². The number of pyridine rings is 1. The molecule has 3 aliphatic rings. The van der Waals surface area contributed by atoms with Crippen LogP contribution in [0.25, 0.3) is 11.3 Å². The van der Waals surface area contributed by atoms with Crippen LogP contribution in [0.4, 0.5) is 23.4 Å². The summed E-state index contributed by atoms with van der Waals surface area (Å²) in [4.78, 5) is 16.9. The first-order chi connectivity index (χ1) is 17.7. The fraction of sp³-hybridized carbons (Fsp3) is 0.360. The minimum Gasteiger partial charge on any atom is -0.481 e. The summed E-state index contributed by atoms with van der Waals surface area (Å²) < 4.78 is 61.5. The van der Waals surface area contributed by atoms with Gasteiger partial charge in [0.25, 0.3) is 0 Å². The molecule has 0 amide bonds. The van der Waals surface area contributed by atoms with Crippen molar-refractivity contribution in [3.05, 3.63) is 64.8 Å². The van der Waals surface area contributed by atoms with Crippen LogP contribution in [-0.2, 0) is 24.2 Å². The number of fused-ring (bicyclic) bond motifs is 3. The van der Waals surface area contributed by atoms with Gasteiger partial charge < -0.3 is 9.63 Å². The Kier molecular flexibility index (Phi) is 5.51. The Balaban J connectivity index is 1.26. The lowest BCUT2D eigenvalue weighted by Crippen LogP contribution is -2.49. The van der Waals surface area contributed by atoms with Gasteiger partial charge in [0.2, 0.25) is 0 Å². The third-order valence-electron chi connectivity index (χ3n) is 7.14. The van der Waals surface area contributed by atoms with E-state index in [4.69, 9.17) is 9.63 Å². The van der Waals surface area contributed by atoms with Gasteiger partial charge in [-0.2, -0.15) is 18.3 Å². The Labute approximate surface area is 208 Å². The van der Waals surface area contributed by atoms with Gasteiger partial charge in [0.15, 0.2) is 11.8 Å². The van der Waals surface area contributed by atoms with Gasteiger partial charge in [-0.3, -0.25) is 9.69 Å². The van der Waals surface area contributed by atoms with E-state index in [9.17, 15) is 22.4 Å². The molecule has 8 nitrogen and oxygen atoms in total. The number of nitrogens with zero attached hydrogens (tertiary/aromatic N) is 5. The lowest BCUT2D eigenvalue weighted by atomic mass is 9.84. The van der Waals surface area contributed by atoms with Gasteiger partial charge >= 0.3 is 12.1 Å². The number of carboxylic acid groups (broad SMARTS) is 1. The van der Waals surface area contributed by atoms with E-state index in [0.29, 0.717) is 43.7 Å².